The number of rotatable bonds is 4. The fourth-order valence-electron chi connectivity index (χ4n) is 1.12. The van der Waals surface area contributed by atoms with Crippen molar-refractivity contribution in [2.75, 3.05) is 17.7 Å². The van der Waals surface area contributed by atoms with Gasteiger partial charge in [-0.25, -0.2) is 9.37 Å². The summed E-state index contributed by atoms with van der Waals surface area (Å²) in [4.78, 5) is 7.65. The van der Waals surface area contributed by atoms with Crippen molar-refractivity contribution in [3.05, 3.63) is 30.0 Å². The molecule has 0 bridgehead atoms. The summed E-state index contributed by atoms with van der Waals surface area (Å²) in [6.07, 6.45) is 2.62. The van der Waals surface area contributed by atoms with Crippen LogP contribution in [0.25, 0.3) is 0 Å². The van der Waals surface area contributed by atoms with Gasteiger partial charge < -0.3 is 15.2 Å². The molecular weight excluding hydrogens is 213 g/mol. The molecule has 0 aliphatic rings. The number of nitrogens with zero attached hydrogens (tertiary/aromatic N) is 3. The van der Waals surface area contributed by atoms with Crippen LogP contribution in [0.5, 0.6) is 0 Å². The maximum absolute atomic E-state index is 13.3. The van der Waals surface area contributed by atoms with E-state index in [4.69, 9.17) is 4.52 Å². The van der Waals surface area contributed by atoms with Crippen molar-refractivity contribution in [1.82, 2.24) is 15.1 Å². The third-order valence-corrected chi connectivity index (χ3v) is 1.89. The highest BCUT2D eigenvalue weighted by molar-refractivity contribution is 5.40. The van der Waals surface area contributed by atoms with E-state index in [0.29, 0.717) is 18.3 Å². The molecule has 0 aromatic carbocycles. The Hall–Kier alpha value is -2.18. The van der Waals surface area contributed by atoms with E-state index in [2.05, 4.69) is 25.8 Å². The predicted octanol–water partition coefficient (Wildman–Crippen LogP) is 1.26. The lowest BCUT2D eigenvalue weighted by atomic mass is 10.4. The lowest BCUT2D eigenvalue weighted by molar-refractivity contribution is 0.387. The normalized spacial score (nSPS) is 10.1. The van der Waals surface area contributed by atoms with Crippen LogP contribution in [0.3, 0.4) is 0 Å². The van der Waals surface area contributed by atoms with E-state index >= 15 is 0 Å². The quantitative estimate of drug-likeness (QED) is 0.812. The molecule has 0 atom stereocenters. The second-order valence-electron chi connectivity index (χ2n) is 2.97. The molecule has 2 aromatic rings. The number of hydrogen-bond acceptors (Lipinski definition) is 6. The van der Waals surface area contributed by atoms with Crippen molar-refractivity contribution < 1.29 is 8.91 Å². The summed E-state index contributed by atoms with van der Waals surface area (Å²) in [6, 6.07) is 1.69. The van der Waals surface area contributed by atoms with Gasteiger partial charge in [-0.15, -0.1) is 0 Å². The van der Waals surface area contributed by atoms with Gasteiger partial charge >= 0.3 is 0 Å². The van der Waals surface area contributed by atoms with Gasteiger partial charge in [0.2, 0.25) is 5.95 Å². The van der Waals surface area contributed by atoms with Crippen LogP contribution in [0, 0.1) is 5.82 Å². The van der Waals surface area contributed by atoms with Crippen LogP contribution >= 0.6 is 0 Å². The number of hydrogen-bond donors (Lipinski definition) is 2. The first kappa shape index (κ1) is 10.3. The van der Waals surface area contributed by atoms with Crippen LogP contribution in [-0.4, -0.2) is 22.2 Å². The van der Waals surface area contributed by atoms with Gasteiger partial charge in [-0.2, -0.15) is 4.98 Å². The van der Waals surface area contributed by atoms with E-state index in [1.807, 2.05) is 0 Å². The van der Waals surface area contributed by atoms with Crippen LogP contribution in [0.1, 0.15) is 5.76 Å². The Morgan fingerprint density at radius 2 is 2.38 bits per heavy atom. The maximum Gasteiger partial charge on any atom is 0.224 e. The van der Waals surface area contributed by atoms with Gasteiger partial charge in [0.15, 0.2) is 17.4 Å². The molecule has 0 aliphatic carbocycles. The number of aromatic nitrogens is 3. The van der Waals surface area contributed by atoms with E-state index in [-0.39, 0.29) is 5.82 Å². The lowest BCUT2D eigenvalue weighted by Gasteiger charge is -2.05. The Labute approximate surface area is 90.9 Å². The van der Waals surface area contributed by atoms with Crippen molar-refractivity contribution >= 4 is 11.8 Å². The SMILES string of the molecule is CNc1ncc(F)c(NCc2ccno2)n1. The zero-order valence-electron chi connectivity index (χ0n) is 8.57. The molecule has 2 aromatic heterocycles. The average molecular weight is 223 g/mol. The molecule has 84 valence electrons. The molecule has 0 saturated carbocycles. The Bertz CT molecular complexity index is 459. The number of halogens is 1. The first-order chi connectivity index (χ1) is 7.79. The number of anilines is 2. The topological polar surface area (TPSA) is 75.9 Å². The van der Waals surface area contributed by atoms with Crippen molar-refractivity contribution in [3.63, 3.8) is 0 Å². The standard InChI is InChI=1S/C9H10FN5O/c1-11-9-13-5-7(10)8(15-9)12-4-6-2-3-14-16-6/h2-3,5H,4H2,1H3,(H2,11,12,13,15). The summed E-state index contributed by atoms with van der Waals surface area (Å²) in [5.41, 5.74) is 0. The minimum absolute atomic E-state index is 0.121. The molecule has 0 amide bonds. The van der Waals surface area contributed by atoms with Crippen LogP contribution in [0.15, 0.2) is 23.0 Å². The molecule has 6 nitrogen and oxygen atoms in total. The van der Waals surface area contributed by atoms with E-state index < -0.39 is 5.82 Å². The van der Waals surface area contributed by atoms with Crippen molar-refractivity contribution in [3.8, 4) is 0 Å². The largest absolute Gasteiger partial charge is 0.360 e. The second kappa shape index (κ2) is 4.56. The Kier molecular flexibility index (Phi) is 2.95. The molecule has 0 aliphatic heterocycles. The van der Waals surface area contributed by atoms with Gasteiger partial charge in [0, 0.05) is 13.1 Å². The first-order valence-corrected chi connectivity index (χ1v) is 4.63. The molecule has 0 unspecified atom stereocenters. The minimum atomic E-state index is -0.515. The summed E-state index contributed by atoms with van der Waals surface area (Å²) in [5.74, 6) is 0.555. The van der Waals surface area contributed by atoms with Gasteiger partial charge in [0.25, 0.3) is 0 Å². The van der Waals surface area contributed by atoms with Crippen LogP contribution in [-0.2, 0) is 6.54 Å². The molecule has 0 fully saturated rings. The van der Waals surface area contributed by atoms with E-state index in [9.17, 15) is 4.39 Å². The monoisotopic (exact) mass is 223 g/mol. The second-order valence-corrected chi connectivity index (χ2v) is 2.97. The zero-order valence-corrected chi connectivity index (χ0v) is 8.57. The number of nitrogens with one attached hydrogen (secondary N) is 2. The molecule has 0 radical (unpaired) electrons. The van der Waals surface area contributed by atoms with E-state index in [1.54, 1.807) is 13.1 Å². The summed E-state index contributed by atoms with van der Waals surface area (Å²) in [5, 5.41) is 9.05. The van der Waals surface area contributed by atoms with Crippen molar-refractivity contribution in [2.45, 2.75) is 6.54 Å². The predicted molar refractivity (Wildman–Crippen MR) is 55.4 cm³/mol. The minimum Gasteiger partial charge on any atom is -0.360 e. The Balaban J connectivity index is 2.08. The van der Waals surface area contributed by atoms with Gasteiger partial charge in [-0.05, 0) is 0 Å². The van der Waals surface area contributed by atoms with Crippen LogP contribution in [0.4, 0.5) is 16.2 Å². The van der Waals surface area contributed by atoms with Crippen LogP contribution in [0.2, 0.25) is 0 Å². The average Bonchev–Trinajstić information content (AvgIpc) is 2.81. The molecule has 2 rings (SSSR count). The van der Waals surface area contributed by atoms with E-state index in [0.717, 1.165) is 6.20 Å². The third kappa shape index (κ3) is 2.25. The summed E-state index contributed by atoms with van der Waals surface area (Å²) < 4.78 is 18.1. The maximum atomic E-state index is 13.3. The smallest absolute Gasteiger partial charge is 0.224 e. The lowest BCUT2D eigenvalue weighted by Crippen LogP contribution is -2.06. The highest BCUT2D eigenvalue weighted by Gasteiger charge is 2.06. The molecule has 7 heteroatoms. The zero-order chi connectivity index (χ0) is 11.4. The van der Waals surface area contributed by atoms with Crippen molar-refractivity contribution in [2.24, 2.45) is 0 Å². The van der Waals surface area contributed by atoms with Gasteiger partial charge in [-0.3, -0.25) is 0 Å². The van der Waals surface area contributed by atoms with Gasteiger partial charge in [0.1, 0.15) is 0 Å². The Morgan fingerprint density at radius 1 is 1.50 bits per heavy atom. The molecule has 0 spiro atoms. The van der Waals surface area contributed by atoms with E-state index in [1.165, 1.54) is 6.20 Å². The molecule has 2 heterocycles. The van der Waals surface area contributed by atoms with Crippen LogP contribution < -0.4 is 10.6 Å². The van der Waals surface area contributed by atoms with Gasteiger partial charge in [0.05, 0.1) is 18.9 Å². The first-order valence-electron chi connectivity index (χ1n) is 4.63. The third-order valence-electron chi connectivity index (χ3n) is 1.89. The highest BCUT2D eigenvalue weighted by atomic mass is 19.1. The highest BCUT2D eigenvalue weighted by Crippen LogP contribution is 2.12. The Morgan fingerprint density at radius 3 is 3.06 bits per heavy atom. The fraction of sp³-hybridized carbons (Fsp3) is 0.222. The molecule has 0 saturated heterocycles. The summed E-state index contributed by atoms with van der Waals surface area (Å²) in [6.45, 7) is 0.317. The fourth-order valence-corrected chi connectivity index (χ4v) is 1.12. The molecule has 2 N–H and O–H groups in total. The van der Waals surface area contributed by atoms with Crippen molar-refractivity contribution in [1.29, 1.82) is 0 Å². The summed E-state index contributed by atoms with van der Waals surface area (Å²) >= 11 is 0. The van der Waals surface area contributed by atoms with Gasteiger partial charge in [-0.1, -0.05) is 5.16 Å². The molecular formula is C9H10FN5O. The summed E-state index contributed by atoms with van der Waals surface area (Å²) in [7, 11) is 1.66. The molecule has 16 heavy (non-hydrogen) atoms.